The zero-order valence-corrected chi connectivity index (χ0v) is 11.6. The summed E-state index contributed by atoms with van der Waals surface area (Å²) in [6.07, 6.45) is 0. The zero-order chi connectivity index (χ0) is 13.3. The highest BCUT2D eigenvalue weighted by molar-refractivity contribution is 8.00. The molecule has 0 unspecified atom stereocenters. The first-order valence-corrected chi connectivity index (χ1v) is 6.32. The molecule has 17 heavy (non-hydrogen) atoms. The number of carboxylic acids is 1. The van der Waals surface area contributed by atoms with Gasteiger partial charge in [-0.05, 0) is 13.8 Å². The molecule has 0 aliphatic rings. The first-order valence-electron chi connectivity index (χ1n) is 5.33. The van der Waals surface area contributed by atoms with Gasteiger partial charge < -0.3 is 9.63 Å². The number of aliphatic carboxylic acids is 1. The monoisotopic (exact) mass is 258 g/mol. The molecule has 1 N–H and O–H groups in total. The minimum atomic E-state index is -0.851. The van der Waals surface area contributed by atoms with Gasteiger partial charge in [0.05, 0.1) is 5.75 Å². The first kappa shape index (κ1) is 14.0. The van der Waals surface area contributed by atoms with E-state index in [0.717, 1.165) is 0 Å². The third-order valence-corrected chi connectivity index (χ3v) is 3.50. The Bertz CT molecular complexity index is 407. The summed E-state index contributed by atoms with van der Waals surface area (Å²) >= 11 is 1.27. The van der Waals surface area contributed by atoms with Gasteiger partial charge in [0.1, 0.15) is 4.75 Å². The number of rotatable bonds is 4. The lowest BCUT2D eigenvalue weighted by atomic mass is 9.96. The fraction of sp³-hybridized carbons (Fsp3) is 0.727. The van der Waals surface area contributed by atoms with Gasteiger partial charge in [0.2, 0.25) is 5.89 Å². The SMILES string of the molecule is CC(C)(SCc1nc(C(C)(C)C)no1)C(=O)O. The Kier molecular flexibility index (Phi) is 3.86. The van der Waals surface area contributed by atoms with Gasteiger partial charge in [-0.2, -0.15) is 4.98 Å². The fourth-order valence-electron chi connectivity index (χ4n) is 0.922. The molecular weight excluding hydrogens is 240 g/mol. The predicted molar refractivity (Wildman–Crippen MR) is 66.0 cm³/mol. The Hall–Kier alpha value is -1.04. The van der Waals surface area contributed by atoms with Crippen molar-refractivity contribution in [3.63, 3.8) is 0 Å². The minimum Gasteiger partial charge on any atom is -0.480 e. The number of thioether (sulfide) groups is 1. The Balaban J connectivity index is 2.66. The molecule has 0 saturated heterocycles. The van der Waals surface area contributed by atoms with E-state index >= 15 is 0 Å². The Morgan fingerprint density at radius 1 is 1.35 bits per heavy atom. The smallest absolute Gasteiger partial charge is 0.319 e. The van der Waals surface area contributed by atoms with Gasteiger partial charge in [0, 0.05) is 5.41 Å². The van der Waals surface area contributed by atoms with Gasteiger partial charge in [0.25, 0.3) is 0 Å². The highest BCUT2D eigenvalue weighted by atomic mass is 32.2. The van der Waals surface area contributed by atoms with Crippen molar-refractivity contribution in [3.05, 3.63) is 11.7 Å². The first-order chi connectivity index (χ1) is 7.63. The van der Waals surface area contributed by atoms with Crippen molar-refractivity contribution < 1.29 is 14.4 Å². The van der Waals surface area contributed by atoms with Gasteiger partial charge in [-0.15, -0.1) is 11.8 Å². The van der Waals surface area contributed by atoms with Crippen LogP contribution in [0.3, 0.4) is 0 Å². The van der Waals surface area contributed by atoms with Crippen LogP contribution in [0.15, 0.2) is 4.52 Å². The minimum absolute atomic E-state index is 0.158. The number of nitrogens with zero attached hydrogens (tertiary/aromatic N) is 2. The molecule has 1 aromatic rings. The van der Waals surface area contributed by atoms with Crippen LogP contribution < -0.4 is 0 Å². The Labute approximate surface area is 105 Å². The number of hydrogen-bond acceptors (Lipinski definition) is 5. The zero-order valence-electron chi connectivity index (χ0n) is 10.8. The largest absolute Gasteiger partial charge is 0.480 e. The molecule has 0 saturated carbocycles. The summed E-state index contributed by atoms with van der Waals surface area (Å²) in [6.45, 7) is 9.30. The van der Waals surface area contributed by atoms with Crippen molar-refractivity contribution in [2.45, 2.75) is 50.5 Å². The molecule has 0 spiro atoms. The molecule has 0 aliphatic heterocycles. The van der Waals surface area contributed by atoms with E-state index in [0.29, 0.717) is 17.5 Å². The molecule has 0 aromatic carbocycles. The Morgan fingerprint density at radius 2 is 1.94 bits per heavy atom. The average molecular weight is 258 g/mol. The van der Waals surface area contributed by atoms with Gasteiger partial charge in [-0.25, -0.2) is 0 Å². The second kappa shape index (κ2) is 4.68. The van der Waals surface area contributed by atoms with E-state index in [2.05, 4.69) is 10.1 Å². The number of aromatic nitrogens is 2. The quantitative estimate of drug-likeness (QED) is 0.894. The summed E-state index contributed by atoms with van der Waals surface area (Å²) in [6, 6.07) is 0. The Morgan fingerprint density at radius 3 is 2.35 bits per heavy atom. The van der Waals surface area contributed by atoms with Crippen molar-refractivity contribution >= 4 is 17.7 Å². The summed E-state index contributed by atoms with van der Waals surface area (Å²) in [4.78, 5) is 15.2. The lowest BCUT2D eigenvalue weighted by Crippen LogP contribution is -2.27. The fourth-order valence-corrected chi connectivity index (χ4v) is 1.65. The molecule has 96 valence electrons. The summed E-state index contributed by atoms with van der Waals surface area (Å²) in [5.41, 5.74) is -0.158. The second-order valence-corrected chi connectivity index (χ2v) is 6.96. The normalized spacial score (nSPS) is 12.8. The van der Waals surface area contributed by atoms with E-state index in [1.165, 1.54) is 11.8 Å². The molecule has 0 bridgehead atoms. The van der Waals surface area contributed by atoms with Crippen LogP contribution in [-0.2, 0) is 16.0 Å². The highest BCUT2D eigenvalue weighted by Crippen LogP contribution is 2.28. The van der Waals surface area contributed by atoms with Crippen LogP contribution in [0, 0.1) is 0 Å². The maximum atomic E-state index is 10.9. The van der Waals surface area contributed by atoms with Crippen LogP contribution in [-0.4, -0.2) is 26.0 Å². The summed E-state index contributed by atoms with van der Waals surface area (Å²) < 4.78 is 4.24. The second-order valence-electron chi connectivity index (χ2n) is 5.37. The number of hydrogen-bond donors (Lipinski definition) is 1. The molecule has 5 nitrogen and oxygen atoms in total. The molecule has 0 aliphatic carbocycles. The lowest BCUT2D eigenvalue weighted by Gasteiger charge is -2.16. The summed E-state index contributed by atoms with van der Waals surface area (Å²) in [7, 11) is 0. The third kappa shape index (κ3) is 3.73. The van der Waals surface area contributed by atoms with E-state index in [9.17, 15) is 4.79 Å². The molecule has 0 atom stereocenters. The molecule has 1 heterocycles. The van der Waals surface area contributed by atoms with Crippen molar-refractivity contribution in [3.8, 4) is 0 Å². The van der Waals surface area contributed by atoms with Crippen LogP contribution >= 0.6 is 11.8 Å². The molecule has 0 fully saturated rings. The average Bonchev–Trinajstić information content (AvgIpc) is 2.62. The van der Waals surface area contributed by atoms with E-state index in [4.69, 9.17) is 9.63 Å². The van der Waals surface area contributed by atoms with E-state index in [1.807, 2.05) is 20.8 Å². The molecule has 1 aromatic heterocycles. The topological polar surface area (TPSA) is 76.2 Å². The standard InChI is InChI=1S/C11H18N2O3S/c1-10(2,3)8-12-7(16-13-8)6-17-11(4,5)9(14)15/h6H2,1-5H3,(H,14,15). The van der Waals surface area contributed by atoms with Crippen LogP contribution in [0.5, 0.6) is 0 Å². The van der Waals surface area contributed by atoms with Crippen LogP contribution in [0.2, 0.25) is 0 Å². The maximum Gasteiger partial charge on any atom is 0.319 e. The number of carboxylic acid groups (broad SMARTS) is 1. The molecule has 1 rings (SSSR count). The highest BCUT2D eigenvalue weighted by Gasteiger charge is 2.29. The molecule has 0 amide bonds. The van der Waals surface area contributed by atoms with Gasteiger partial charge in [-0.3, -0.25) is 4.79 Å². The van der Waals surface area contributed by atoms with Crippen LogP contribution in [0.1, 0.15) is 46.3 Å². The van der Waals surface area contributed by atoms with Gasteiger partial charge in [0.15, 0.2) is 5.82 Å². The van der Waals surface area contributed by atoms with Crippen molar-refractivity contribution in [2.75, 3.05) is 0 Å². The lowest BCUT2D eigenvalue weighted by molar-refractivity contribution is -0.138. The van der Waals surface area contributed by atoms with E-state index in [1.54, 1.807) is 13.8 Å². The predicted octanol–water partition coefficient (Wildman–Crippen LogP) is 2.46. The van der Waals surface area contributed by atoms with Crippen LogP contribution in [0.4, 0.5) is 0 Å². The van der Waals surface area contributed by atoms with Crippen molar-refractivity contribution in [1.29, 1.82) is 0 Å². The maximum absolute atomic E-state index is 10.9. The van der Waals surface area contributed by atoms with Gasteiger partial charge >= 0.3 is 5.97 Å². The van der Waals surface area contributed by atoms with E-state index < -0.39 is 10.7 Å². The van der Waals surface area contributed by atoms with Crippen molar-refractivity contribution in [2.24, 2.45) is 0 Å². The number of carbonyl (C=O) groups is 1. The third-order valence-electron chi connectivity index (χ3n) is 2.21. The van der Waals surface area contributed by atoms with Crippen LogP contribution in [0.25, 0.3) is 0 Å². The summed E-state index contributed by atoms with van der Waals surface area (Å²) in [5.74, 6) is 0.663. The van der Waals surface area contributed by atoms with Gasteiger partial charge in [-0.1, -0.05) is 25.9 Å². The van der Waals surface area contributed by atoms with E-state index in [-0.39, 0.29) is 5.41 Å². The molecule has 0 radical (unpaired) electrons. The summed E-state index contributed by atoms with van der Waals surface area (Å²) in [5, 5.41) is 12.9. The van der Waals surface area contributed by atoms with Crippen molar-refractivity contribution in [1.82, 2.24) is 10.1 Å². The molecule has 6 heteroatoms. The molecular formula is C11H18N2O3S.